The van der Waals surface area contributed by atoms with E-state index >= 15 is 0 Å². The SMILES string of the molecule is N#Cc1c(N2CCN(c3ccccc3Cl)CC2)cc(-c2ccc(Br)cc2)oc1=O. The first kappa shape index (κ1) is 19.6. The third-order valence-corrected chi connectivity index (χ3v) is 5.83. The standard InChI is InChI=1S/C22H17BrClN3O2/c23-16-7-5-15(6-8-16)21-13-20(17(14-25)22(28)29-21)27-11-9-26(10-12-27)19-4-2-1-3-18(19)24/h1-8,13H,9-12H2. The van der Waals surface area contributed by atoms with Gasteiger partial charge in [-0.05, 0) is 24.3 Å². The van der Waals surface area contributed by atoms with Gasteiger partial charge in [-0.25, -0.2) is 4.79 Å². The van der Waals surface area contributed by atoms with Gasteiger partial charge in [0.1, 0.15) is 11.8 Å². The third kappa shape index (κ3) is 4.02. The molecule has 0 spiro atoms. The molecule has 0 aliphatic carbocycles. The Bertz CT molecular complexity index is 1130. The number of para-hydroxylation sites is 1. The molecule has 0 amide bonds. The first-order valence-electron chi connectivity index (χ1n) is 9.15. The van der Waals surface area contributed by atoms with Crippen molar-refractivity contribution in [2.75, 3.05) is 36.0 Å². The van der Waals surface area contributed by atoms with Gasteiger partial charge in [-0.15, -0.1) is 0 Å². The molecular weight excluding hydrogens is 454 g/mol. The molecule has 2 aromatic carbocycles. The van der Waals surface area contributed by atoms with Crippen LogP contribution in [0.4, 0.5) is 11.4 Å². The van der Waals surface area contributed by atoms with Gasteiger partial charge in [-0.2, -0.15) is 5.26 Å². The Balaban J connectivity index is 1.63. The topological polar surface area (TPSA) is 60.5 Å². The van der Waals surface area contributed by atoms with Gasteiger partial charge in [0.05, 0.1) is 16.4 Å². The van der Waals surface area contributed by atoms with Crippen LogP contribution in [0.2, 0.25) is 5.02 Å². The Morgan fingerprint density at radius 1 is 0.966 bits per heavy atom. The summed E-state index contributed by atoms with van der Waals surface area (Å²) in [6.07, 6.45) is 0. The van der Waals surface area contributed by atoms with E-state index in [1.54, 1.807) is 6.07 Å². The lowest BCUT2D eigenvalue weighted by Gasteiger charge is -2.37. The predicted octanol–water partition coefficient (Wildman–Crippen LogP) is 4.92. The quantitative estimate of drug-likeness (QED) is 0.544. The first-order valence-corrected chi connectivity index (χ1v) is 10.3. The second-order valence-corrected chi connectivity index (χ2v) is 8.03. The first-order chi connectivity index (χ1) is 14.1. The van der Waals surface area contributed by atoms with Gasteiger partial charge < -0.3 is 14.2 Å². The van der Waals surface area contributed by atoms with Crippen LogP contribution >= 0.6 is 27.5 Å². The molecule has 0 radical (unpaired) electrons. The van der Waals surface area contributed by atoms with Crippen LogP contribution in [0.5, 0.6) is 0 Å². The molecule has 1 aliphatic rings. The number of piperazine rings is 1. The fourth-order valence-corrected chi connectivity index (χ4v) is 4.01. The van der Waals surface area contributed by atoms with Crippen molar-refractivity contribution in [1.29, 1.82) is 5.26 Å². The maximum atomic E-state index is 12.5. The van der Waals surface area contributed by atoms with Crippen LogP contribution in [0.3, 0.4) is 0 Å². The zero-order valence-corrected chi connectivity index (χ0v) is 17.8. The summed E-state index contributed by atoms with van der Waals surface area (Å²) < 4.78 is 6.35. The number of hydrogen-bond donors (Lipinski definition) is 0. The van der Waals surface area contributed by atoms with Gasteiger partial charge in [0.2, 0.25) is 0 Å². The minimum absolute atomic E-state index is 0.0389. The van der Waals surface area contributed by atoms with E-state index in [4.69, 9.17) is 16.0 Å². The van der Waals surface area contributed by atoms with Crippen LogP contribution < -0.4 is 15.4 Å². The highest BCUT2D eigenvalue weighted by Crippen LogP contribution is 2.30. The highest BCUT2D eigenvalue weighted by atomic mass is 79.9. The van der Waals surface area contributed by atoms with E-state index in [0.29, 0.717) is 24.5 Å². The molecule has 4 rings (SSSR count). The Morgan fingerprint density at radius 2 is 1.59 bits per heavy atom. The number of nitriles is 1. The summed E-state index contributed by atoms with van der Waals surface area (Å²) in [5.74, 6) is 0.449. The molecular formula is C22H17BrClN3O2. The van der Waals surface area contributed by atoms with Crippen molar-refractivity contribution in [3.63, 3.8) is 0 Å². The Hall–Kier alpha value is -2.75. The summed E-state index contributed by atoms with van der Waals surface area (Å²) in [5, 5.41) is 10.2. The van der Waals surface area contributed by atoms with Crippen LogP contribution in [0.25, 0.3) is 11.3 Å². The largest absolute Gasteiger partial charge is 0.422 e. The smallest absolute Gasteiger partial charge is 0.356 e. The molecule has 146 valence electrons. The van der Waals surface area contributed by atoms with Gasteiger partial charge in [0.15, 0.2) is 5.56 Å². The minimum atomic E-state index is -0.614. The van der Waals surface area contributed by atoms with E-state index in [2.05, 4.69) is 25.7 Å². The molecule has 0 atom stereocenters. The Kier molecular flexibility index (Phi) is 5.61. The second kappa shape index (κ2) is 8.32. The fraction of sp³-hybridized carbons (Fsp3) is 0.182. The lowest BCUT2D eigenvalue weighted by Crippen LogP contribution is -2.47. The third-order valence-electron chi connectivity index (χ3n) is 4.98. The number of anilines is 2. The molecule has 1 saturated heterocycles. The maximum Gasteiger partial charge on any atom is 0.356 e. The molecule has 29 heavy (non-hydrogen) atoms. The van der Waals surface area contributed by atoms with Crippen LogP contribution in [0.15, 0.2) is 68.3 Å². The van der Waals surface area contributed by atoms with Gasteiger partial charge in [-0.3, -0.25) is 0 Å². The van der Waals surface area contributed by atoms with E-state index in [1.807, 2.05) is 54.6 Å². The summed E-state index contributed by atoms with van der Waals surface area (Å²) in [6, 6.07) is 19.1. The lowest BCUT2D eigenvalue weighted by atomic mass is 10.1. The van der Waals surface area contributed by atoms with Crippen molar-refractivity contribution in [3.05, 3.63) is 80.1 Å². The lowest BCUT2D eigenvalue weighted by molar-refractivity contribution is 0.521. The summed E-state index contributed by atoms with van der Waals surface area (Å²) in [6.45, 7) is 2.82. The van der Waals surface area contributed by atoms with E-state index in [0.717, 1.165) is 33.8 Å². The zero-order valence-electron chi connectivity index (χ0n) is 15.4. The molecule has 1 aromatic heterocycles. The van der Waals surface area contributed by atoms with Crippen LogP contribution in [0, 0.1) is 11.3 Å². The second-order valence-electron chi connectivity index (χ2n) is 6.70. The van der Waals surface area contributed by atoms with Crippen molar-refractivity contribution >= 4 is 38.9 Å². The normalized spacial score (nSPS) is 14.0. The molecule has 0 unspecified atom stereocenters. The molecule has 0 N–H and O–H groups in total. The molecule has 1 fully saturated rings. The Labute approximate surface area is 181 Å². The van der Waals surface area contributed by atoms with Crippen molar-refractivity contribution in [2.45, 2.75) is 0 Å². The highest BCUT2D eigenvalue weighted by molar-refractivity contribution is 9.10. The Morgan fingerprint density at radius 3 is 2.21 bits per heavy atom. The minimum Gasteiger partial charge on any atom is -0.422 e. The van der Waals surface area contributed by atoms with Gasteiger partial charge in [0.25, 0.3) is 0 Å². The molecule has 7 heteroatoms. The number of hydrogen-bond acceptors (Lipinski definition) is 5. The van der Waals surface area contributed by atoms with Crippen molar-refractivity contribution < 1.29 is 4.42 Å². The van der Waals surface area contributed by atoms with Gasteiger partial charge >= 0.3 is 5.63 Å². The van der Waals surface area contributed by atoms with Crippen LogP contribution in [-0.4, -0.2) is 26.2 Å². The van der Waals surface area contributed by atoms with E-state index < -0.39 is 5.63 Å². The van der Waals surface area contributed by atoms with E-state index in [9.17, 15) is 10.1 Å². The number of rotatable bonds is 3. The van der Waals surface area contributed by atoms with Crippen molar-refractivity contribution in [2.24, 2.45) is 0 Å². The monoisotopic (exact) mass is 469 g/mol. The number of benzene rings is 2. The summed E-state index contributed by atoms with van der Waals surface area (Å²) >= 11 is 9.73. The van der Waals surface area contributed by atoms with E-state index in [-0.39, 0.29) is 5.56 Å². The van der Waals surface area contributed by atoms with Crippen molar-refractivity contribution in [3.8, 4) is 17.4 Å². The number of nitrogens with zero attached hydrogens (tertiary/aromatic N) is 3. The molecule has 2 heterocycles. The maximum absolute atomic E-state index is 12.5. The average Bonchev–Trinajstić information content (AvgIpc) is 2.74. The molecule has 1 aliphatic heterocycles. The van der Waals surface area contributed by atoms with E-state index in [1.165, 1.54) is 0 Å². The average molecular weight is 471 g/mol. The molecule has 0 saturated carbocycles. The predicted molar refractivity (Wildman–Crippen MR) is 119 cm³/mol. The molecule has 5 nitrogen and oxygen atoms in total. The molecule has 3 aromatic rings. The summed E-state index contributed by atoms with van der Waals surface area (Å²) in [5.41, 5.74) is 1.82. The van der Waals surface area contributed by atoms with Gasteiger partial charge in [-0.1, -0.05) is 51.8 Å². The highest BCUT2D eigenvalue weighted by Gasteiger charge is 2.23. The van der Waals surface area contributed by atoms with Crippen LogP contribution in [-0.2, 0) is 0 Å². The zero-order chi connectivity index (χ0) is 20.4. The van der Waals surface area contributed by atoms with Crippen LogP contribution in [0.1, 0.15) is 5.56 Å². The fourth-order valence-electron chi connectivity index (χ4n) is 3.49. The molecule has 0 bridgehead atoms. The summed E-state index contributed by atoms with van der Waals surface area (Å²) in [4.78, 5) is 16.7. The van der Waals surface area contributed by atoms with Crippen molar-refractivity contribution in [1.82, 2.24) is 0 Å². The van der Waals surface area contributed by atoms with Gasteiger partial charge in [0, 0.05) is 42.3 Å². The summed E-state index contributed by atoms with van der Waals surface area (Å²) in [7, 11) is 0. The number of halogens is 2.